The molecule has 0 atom stereocenters. The van der Waals surface area contributed by atoms with E-state index < -0.39 is 11.8 Å². The number of nitrogens with zero attached hydrogens (tertiary/aromatic N) is 5. The number of carbonyl (C=O) groups is 1. The van der Waals surface area contributed by atoms with Gasteiger partial charge in [-0.05, 0) is 50.9 Å². The van der Waals surface area contributed by atoms with Crippen molar-refractivity contribution in [1.82, 2.24) is 24.6 Å². The van der Waals surface area contributed by atoms with Crippen LogP contribution in [0.15, 0.2) is 30.6 Å². The number of nitrogens with one attached hydrogen (secondary N) is 1. The molecular weight excluding hydrogens is 426 g/mol. The van der Waals surface area contributed by atoms with Gasteiger partial charge in [0.25, 0.3) is 0 Å². The lowest BCUT2D eigenvalue weighted by molar-refractivity contribution is -0.124. The fraction of sp³-hybridized carbons (Fsp3) is 0.500. The number of pyridine rings is 2. The van der Waals surface area contributed by atoms with Gasteiger partial charge in [-0.15, -0.1) is 0 Å². The van der Waals surface area contributed by atoms with Gasteiger partial charge in [0, 0.05) is 55.6 Å². The predicted octanol–water partition coefficient (Wildman–Crippen LogP) is 4.39. The summed E-state index contributed by atoms with van der Waals surface area (Å²) in [6, 6.07) is 5.67. The SMILES string of the molecule is Cn1ncc(-c2ccc3cnc(NC(=O)C4CCC(F)(F)CC4)cc3n2)c1CN1CCCC1. The molecule has 0 unspecified atom stereocenters. The minimum Gasteiger partial charge on any atom is -0.310 e. The molecule has 0 radical (unpaired) electrons. The number of carbonyl (C=O) groups excluding carboxylic acids is 1. The maximum absolute atomic E-state index is 13.4. The van der Waals surface area contributed by atoms with Gasteiger partial charge in [-0.3, -0.25) is 14.4 Å². The van der Waals surface area contributed by atoms with Crippen LogP contribution in [0.3, 0.4) is 0 Å². The highest BCUT2D eigenvalue weighted by Gasteiger charge is 2.37. The Bertz CT molecular complexity index is 1160. The first-order valence-electron chi connectivity index (χ1n) is 11.6. The molecular formula is C24H28F2N6O. The number of anilines is 1. The van der Waals surface area contributed by atoms with E-state index in [2.05, 4.69) is 20.3 Å². The third-order valence-electron chi connectivity index (χ3n) is 6.82. The first-order chi connectivity index (χ1) is 15.9. The average Bonchev–Trinajstić information content (AvgIpc) is 3.43. The van der Waals surface area contributed by atoms with Crippen LogP contribution in [-0.4, -0.2) is 49.6 Å². The average molecular weight is 455 g/mol. The van der Waals surface area contributed by atoms with Crippen LogP contribution in [0, 0.1) is 5.92 Å². The minimum absolute atomic E-state index is 0.190. The molecule has 3 aromatic rings. The Kier molecular flexibility index (Phi) is 5.82. The summed E-state index contributed by atoms with van der Waals surface area (Å²) in [6.07, 6.45) is 5.87. The lowest BCUT2D eigenvalue weighted by atomic mass is 9.86. The lowest BCUT2D eigenvalue weighted by Gasteiger charge is -2.27. The number of alkyl halides is 2. The monoisotopic (exact) mass is 454 g/mol. The highest BCUT2D eigenvalue weighted by molar-refractivity contribution is 5.93. The fourth-order valence-electron chi connectivity index (χ4n) is 4.78. The maximum atomic E-state index is 13.4. The molecule has 4 heterocycles. The third kappa shape index (κ3) is 4.73. The summed E-state index contributed by atoms with van der Waals surface area (Å²) < 4.78 is 28.7. The van der Waals surface area contributed by atoms with E-state index in [-0.39, 0.29) is 31.6 Å². The number of rotatable bonds is 5. The summed E-state index contributed by atoms with van der Waals surface area (Å²) in [7, 11) is 1.95. The van der Waals surface area contributed by atoms with Crippen molar-refractivity contribution in [2.24, 2.45) is 13.0 Å². The van der Waals surface area contributed by atoms with E-state index in [9.17, 15) is 13.6 Å². The molecule has 0 spiro atoms. The van der Waals surface area contributed by atoms with Crippen LogP contribution in [0.4, 0.5) is 14.6 Å². The zero-order valence-corrected chi connectivity index (χ0v) is 18.7. The largest absolute Gasteiger partial charge is 0.310 e. The number of aryl methyl sites for hydroxylation is 1. The Balaban J connectivity index is 1.36. The topological polar surface area (TPSA) is 75.9 Å². The van der Waals surface area contributed by atoms with Gasteiger partial charge >= 0.3 is 0 Å². The second kappa shape index (κ2) is 8.78. The molecule has 33 heavy (non-hydrogen) atoms. The molecule has 2 fully saturated rings. The Morgan fingerprint density at radius 1 is 1.18 bits per heavy atom. The maximum Gasteiger partial charge on any atom is 0.248 e. The summed E-state index contributed by atoms with van der Waals surface area (Å²) in [4.78, 5) is 24.2. The van der Waals surface area contributed by atoms with Crippen molar-refractivity contribution in [2.75, 3.05) is 18.4 Å². The van der Waals surface area contributed by atoms with E-state index in [0.29, 0.717) is 11.3 Å². The smallest absolute Gasteiger partial charge is 0.248 e. The lowest BCUT2D eigenvalue weighted by Crippen LogP contribution is -2.32. The van der Waals surface area contributed by atoms with Gasteiger partial charge in [-0.25, -0.2) is 18.7 Å². The number of amides is 1. The summed E-state index contributed by atoms with van der Waals surface area (Å²) in [6.45, 7) is 3.04. The molecule has 1 amide bonds. The fourth-order valence-corrected chi connectivity index (χ4v) is 4.78. The zero-order chi connectivity index (χ0) is 23.0. The highest BCUT2D eigenvalue weighted by Crippen LogP contribution is 2.36. The predicted molar refractivity (Wildman–Crippen MR) is 122 cm³/mol. The molecule has 1 N–H and O–H groups in total. The Morgan fingerprint density at radius 3 is 2.70 bits per heavy atom. The number of hydrogen-bond donors (Lipinski definition) is 1. The second-order valence-electron chi connectivity index (χ2n) is 9.19. The standard InChI is InChI=1S/C24H28F2N6O/c1-31-21(15-32-10-2-3-11-32)18(14-28-31)19-5-4-17-13-27-22(12-20(17)29-19)30-23(33)16-6-8-24(25,26)9-7-16/h4-5,12-14,16H,2-3,6-11,15H2,1H3,(H,27,30,33). The van der Waals surface area contributed by atoms with Gasteiger partial charge in [-0.1, -0.05) is 0 Å². The van der Waals surface area contributed by atoms with Crippen LogP contribution < -0.4 is 5.32 Å². The zero-order valence-electron chi connectivity index (χ0n) is 18.7. The van der Waals surface area contributed by atoms with Crippen molar-refractivity contribution < 1.29 is 13.6 Å². The molecule has 174 valence electrons. The van der Waals surface area contributed by atoms with Crippen molar-refractivity contribution in [1.29, 1.82) is 0 Å². The molecule has 2 aliphatic rings. The molecule has 5 rings (SSSR count). The van der Waals surface area contributed by atoms with Crippen LogP contribution in [0.1, 0.15) is 44.2 Å². The molecule has 0 aromatic carbocycles. The number of likely N-dealkylation sites (tertiary alicyclic amines) is 1. The normalized spacial score (nSPS) is 19.2. The van der Waals surface area contributed by atoms with Crippen LogP contribution in [0.5, 0.6) is 0 Å². The van der Waals surface area contributed by atoms with Crippen molar-refractivity contribution >= 4 is 22.6 Å². The first-order valence-corrected chi connectivity index (χ1v) is 11.6. The molecule has 3 aromatic heterocycles. The number of fused-ring (bicyclic) bond motifs is 1. The van der Waals surface area contributed by atoms with Gasteiger partial charge in [0.05, 0.1) is 23.1 Å². The van der Waals surface area contributed by atoms with E-state index in [4.69, 9.17) is 4.98 Å². The van der Waals surface area contributed by atoms with Crippen LogP contribution >= 0.6 is 0 Å². The second-order valence-corrected chi connectivity index (χ2v) is 9.19. The summed E-state index contributed by atoms with van der Waals surface area (Å²) >= 11 is 0. The number of hydrogen-bond acceptors (Lipinski definition) is 5. The summed E-state index contributed by atoms with van der Waals surface area (Å²) in [5.41, 5.74) is 3.66. The van der Waals surface area contributed by atoms with Crippen molar-refractivity contribution in [2.45, 2.75) is 51.0 Å². The molecule has 7 nitrogen and oxygen atoms in total. The van der Waals surface area contributed by atoms with E-state index in [1.807, 2.05) is 30.1 Å². The molecule has 1 saturated heterocycles. The summed E-state index contributed by atoms with van der Waals surface area (Å²) in [5.74, 6) is -2.94. The van der Waals surface area contributed by atoms with Gasteiger partial charge in [0.15, 0.2) is 0 Å². The Labute approximate surface area is 191 Å². The van der Waals surface area contributed by atoms with E-state index in [0.717, 1.165) is 42.0 Å². The van der Waals surface area contributed by atoms with Gasteiger partial charge in [-0.2, -0.15) is 5.10 Å². The molecule has 1 aliphatic heterocycles. The van der Waals surface area contributed by atoms with Crippen molar-refractivity contribution in [3.8, 4) is 11.3 Å². The Morgan fingerprint density at radius 2 is 1.94 bits per heavy atom. The van der Waals surface area contributed by atoms with E-state index in [1.54, 1.807) is 12.3 Å². The van der Waals surface area contributed by atoms with Crippen LogP contribution in [0.25, 0.3) is 22.2 Å². The molecule has 0 bridgehead atoms. The molecule has 1 saturated carbocycles. The minimum atomic E-state index is -2.65. The van der Waals surface area contributed by atoms with E-state index >= 15 is 0 Å². The number of halogens is 2. The van der Waals surface area contributed by atoms with Crippen LogP contribution in [-0.2, 0) is 18.4 Å². The van der Waals surface area contributed by atoms with Crippen LogP contribution in [0.2, 0.25) is 0 Å². The Hall–Kier alpha value is -2.94. The number of aromatic nitrogens is 4. The highest BCUT2D eigenvalue weighted by atomic mass is 19.3. The van der Waals surface area contributed by atoms with Gasteiger partial charge in [0.2, 0.25) is 11.8 Å². The molecule has 1 aliphatic carbocycles. The third-order valence-corrected chi connectivity index (χ3v) is 6.82. The van der Waals surface area contributed by atoms with Gasteiger partial charge in [0.1, 0.15) is 5.82 Å². The first kappa shape index (κ1) is 21.9. The van der Waals surface area contributed by atoms with Crippen molar-refractivity contribution in [3.05, 3.63) is 36.3 Å². The van der Waals surface area contributed by atoms with Crippen molar-refractivity contribution in [3.63, 3.8) is 0 Å². The van der Waals surface area contributed by atoms with Gasteiger partial charge < -0.3 is 5.32 Å². The summed E-state index contributed by atoms with van der Waals surface area (Å²) in [5, 5.41) is 8.12. The quantitative estimate of drug-likeness (QED) is 0.619. The van der Waals surface area contributed by atoms with E-state index in [1.165, 1.54) is 12.8 Å². The molecule has 9 heteroatoms.